The van der Waals surface area contributed by atoms with Gasteiger partial charge in [0.05, 0.1) is 10.9 Å². The van der Waals surface area contributed by atoms with E-state index in [9.17, 15) is 22.0 Å². The zero-order chi connectivity index (χ0) is 15.5. The molecule has 1 aliphatic heterocycles. The maximum atomic E-state index is 12.4. The van der Waals surface area contributed by atoms with E-state index in [1.165, 1.54) is 12.1 Å². The van der Waals surface area contributed by atoms with Gasteiger partial charge in [-0.25, -0.2) is 8.42 Å². The first-order valence-corrected chi connectivity index (χ1v) is 8.12. The fraction of sp³-hybridized carbons (Fsp3) is 0.462. The summed E-state index contributed by atoms with van der Waals surface area (Å²) in [4.78, 5) is 11.5. The molecule has 0 radical (unpaired) electrons. The second kappa shape index (κ2) is 6.48. The number of nitrogens with one attached hydrogen (secondary N) is 2. The number of carbonyl (C=O) groups excluding carboxylic acids is 1. The first-order valence-electron chi connectivity index (χ1n) is 6.57. The summed E-state index contributed by atoms with van der Waals surface area (Å²) < 4.78 is 47.3. The lowest BCUT2D eigenvalue weighted by atomic mass is 10.0. The molecule has 2 N–H and O–H groups in total. The molecule has 8 heteroatoms. The van der Waals surface area contributed by atoms with Crippen LogP contribution in [0.1, 0.15) is 19.3 Å². The molecule has 1 aromatic rings. The number of carbonyl (C=O) groups is 1. The molecule has 1 saturated heterocycles. The zero-order valence-corrected chi connectivity index (χ0v) is 12.0. The molecule has 0 aliphatic carbocycles. The van der Waals surface area contributed by atoms with Crippen molar-refractivity contribution in [2.75, 3.05) is 11.9 Å². The Morgan fingerprint density at radius 3 is 2.43 bits per heavy atom. The van der Waals surface area contributed by atoms with Gasteiger partial charge in [0.2, 0.25) is 15.7 Å². The van der Waals surface area contributed by atoms with Gasteiger partial charge in [-0.05, 0) is 43.7 Å². The molecular formula is C13H16F2N2O3S. The van der Waals surface area contributed by atoms with Gasteiger partial charge in [-0.1, -0.05) is 6.42 Å². The quantitative estimate of drug-likeness (QED) is 0.887. The van der Waals surface area contributed by atoms with Crippen LogP contribution in [0.2, 0.25) is 0 Å². The first-order chi connectivity index (χ1) is 9.91. The summed E-state index contributed by atoms with van der Waals surface area (Å²) in [6.45, 7) is 0.781. The maximum Gasteiger partial charge on any atom is 0.341 e. The normalized spacial score (nSPS) is 19.5. The lowest BCUT2D eigenvalue weighted by Crippen LogP contribution is -2.43. The molecule has 1 amide bonds. The number of benzene rings is 1. The van der Waals surface area contributed by atoms with E-state index in [1.807, 2.05) is 0 Å². The largest absolute Gasteiger partial charge is 0.341 e. The molecule has 2 rings (SSSR count). The molecule has 0 bridgehead atoms. The Balaban J connectivity index is 2.04. The third-order valence-corrected chi connectivity index (χ3v) is 4.71. The Hall–Kier alpha value is -1.54. The van der Waals surface area contributed by atoms with Gasteiger partial charge in [0.15, 0.2) is 0 Å². The fourth-order valence-electron chi connectivity index (χ4n) is 2.14. The van der Waals surface area contributed by atoms with Crippen LogP contribution in [0.3, 0.4) is 0 Å². The van der Waals surface area contributed by atoms with Gasteiger partial charge in [0.25, 0.3) is 0 Å². The first kappa shape index (κ1) is 15.8. The molecule has 1 fully saturated rings. The van der Waals surface area contributed by atoms with Gasteiger partial charge >= 0.3 is 5.76 Å². The lowest BCUT2D eigenvalue weighted by molar-refractivity contribution is -0.118. The minimum Gasteiger partial charge on any atom is -0.325 e. The molecule has 0 saturated carbocycles. The smallest absolute Gasteiger partial charge is 0.325 e. The predicted octanol–water partition coefficient (Wildman–Crippen LogP) is 1.76. The highest BCUT2D eigenvalue weighted by atomic mass is 32.2. The third kappa shape index (κ3) is 3.76. The van der Waals surface area contributed by atoms with Crippen molar-refractivity contribution in [1.29, 1.82) is 0 Å². The van der Waals surface area contributed by atoms with Crippen molar-refractivity contribution in [2.45, 2.75) is 36.0 Å². The number of alkyl halides is 2. The van der Waals surface area contributed by atoms with Gasteiger partial charge in [-0.2, -0.15) is 8.78 Å². The Kier molecular flexibility index (Phi) is 4.89. The van der Waals surface area contributed by atoms with Crippen LogP contribution in [0, 0.1) is 0 Å². The Morgan fingerprint density at radius 1 is 1.24 bits per heavy atom. The molecule has 0 spiro atoms. The summed E-state index contributed by atoms with van der Waals surface area (Å²) in [7, 11) is -4.60. The molecule has 1 aliphatic rings. The Morgan fingerprint density at radius 2 is 1.90 bits per heavy atom. The second-order valence-electron chi connectivity index (χ2n) is 4.82. The number of sulfone groups is 1. The summed E-state index contributed by atoms with van der Waals surface area (Å²) in [5.74, 6) is -3.66. The minimum atomic E-state index is -4.60. The monoisotopic (exact) mass is 318 g/mol. The van der Waals surface area contributed by atoms with E-state index in [2.05, 4.69) is 10.6 Å². The highest BCUT2D eigenvalue weighted by Crippen LogP contribution is 2.20. The maximum absolute atomic E-state index is 12.4. The van der Waals surface area contributed by atoms with Gasteiger partial charge in [-0.3, -0.25) is 4.79 Å². The van der Waals surface area contributed by atoms with Crippen LogP contribution in [0.15, 0.2) is 29.2 Å². The summed E-state index contributed by atoms with van der Waals surface area (Å²) in [6.07, 6.45) is 2.74. The van der Waals surface area contributed by atoms with Crippen LogP contribution in [-0.4, -0.2) is 32.7 Å². The van der Waals surface area contributed by atoms with Crippen LogP contribution in [0.4, 0.5) is 14.5 Å². The number of halogens is 2. The number of piperidine rings is 1. The molecule has 1 aromatic carbocycles. The minimum absolute atomic E-state index is 0.209. The van der Waals surface area contributed by atoms with Crippen molar-refractivity contribution in [3.8, 4) is 0 Å². The number of anilines is 1. The predicted molar refractivity (Wildman–Crippen MR) is 73.9 cm³/mol. The molecule has 5 nitrogen and oxygen atoms in total. The Bertz CT molecular complexity index is 596. The molecule has 1 atom stereocenters. The summed E-state index contributed by atoms with van der Waals surface area (Å²) >= 11 is 0. The van der Waals surface area contributed by atoms with E-state index in [1.54, 1.807) is 0 Å². The number of hydrogen-bond donors (Lipinski definition) is 2. The number of hydrogen-bond acceptors (Lipinski definition) is 4. The van der Waals surface area contributed by atoms with E-state index in [0.29, 0.717) is 5.69 Å². The van der Waals surface area contributed by atoms with Crippen molar-refractivity contribution < 1.29 is 22.0 Å². The van der Waals surface area contributed by atoms with Crippen molar-refractivity contribution in [1.82, 2.24) is 5.32 Å². The van der Waals surface area contributed by atoms with Crippen LogP contribution in [0.5, 0.6) is 0 Å². The van der Waals surface area contributed by atoms with Crippen molar-refractivity contribution >= 4 is 21.4 Å². The van der Waals surface area contributed by atoms with E-state index in [-0.39, 0.29) is 11.9 Å². The van der Waals surface area contributed by atoms with Gasteiger partial charge in [0, 0.05) is 5.69 Å². The molecular weight excluding hydrogens is 302 g/mol. The average molecular weight is 318 g/mol. The fourth-order valence-corrected chi connectivity index (χ4v) is 2.86. The van der Waals surface area contributed by atoms with E-state index in [0.717, 1.165) is 37.9 Å². The van der Waals surface area contributed by atoms with Crippen LogP contribution in [0.25, 0.3) is 0 Å². The van der Waals surface area contributed by atoms with Gasteiger partial charge < -0.3 is 10.6 Å². The van der Waals surface area contributed by atoms with Gasteiger partial charge in [-0.15, -0.1) is 0 Å². The number of amides is 1. The molecule has 0 unspecified atom stereocenters. The number of rotatable bonds is 4. The van der Waals surface area contributed by atoms with Crippen LogP contribution < -0.4 is 10.6 Å². The van der Waals surface area contributed by atoms with Gasteiger partial charge in [0.1, 0.15) is 0 Å². The highest BCUT2D eigenvalue weighted by molar-refractivity contribution is 7.91. The summed E-state index contributed by atoms with van der Waals surface area (Å²) in [6, 6.07) is 4.45. The van der Waals surface area contributed by atoms with E-state index >= 15 is 0 Å². The zero-order valence-electron chi connectivity index (χ0n) is 11.2. The molecule has 0 aromatic heterocycles. The topological polar surface area (TPSA) is 75.3 Å². The molecule has 21 heavy (non-hydrogen) atoms. The molecule has 116 valence electrons. The Labute approximate surface area is 121 Å². The standard InChI is InChI=1S/C13H16F2N2O3S/c14-13(15)21(19,20)10-6-4-9(5-7-10)17-12(18)11-3-1-2-8-16-11/h4-7,11,13,16H,1-3,8H2,(H,17,18)/t11-/m0/s1. The average Bonchev–Trinajstić information content (AvgIpc) is 2.48. The van der Waals surface area contributed by atoms with Crippen molar-refractivity contribution in [3.05, 3.63) is 24.3 Å². The van der Waals surface area contributed by atoms with Crippen LogP contribution >= 0.6 is 0 Å². The lowest BCUT2D eigenvalue weighted by Gasteiger charge is -2.22. The van der Waals surface area contributed by atoms with Crippen LogP contribution in [-0.2, 0) is 14.6 Å². The van der Waals surface area contributed by atoms with Crippen molar-refractivity contribution in [3.63, 3.8) is 0 Å². The summed E-state index contributed by atoms with van der Waals surface area (Å²) in [5.41, 5.74) is 0.376. The van der Waals surface area contributed by atoms with E-state index < -0.39 is 20.5 Å². The van der Waals surface area contributed by atoms with E-state index in [4.69, 9.17) is 0 Å². The second-order valence-corrected chi connectivity index (χ2v) is 6.74. The summed E-state index contributed by atoms with van der Waals surface area (Å²) in [5, 5.41) is 5.72. The van der Waals surface area contributed by atoms with Crippen molar-refractivity contribution in [2.24, 2.45) is 0 Å². The third-order valence-electron chi connectivity index (χ3n) is 3.31. The SMILES string of the molecule is O=C(Nc1ccc(S(=O)(=O)C(F)F)cc1)[C@@H]1CCCCN1. The highest BCUT2D eigenvalue weighted by Gasteiger charge is 2.26. The molecule has 1 heterocycles.